The van der Waals surface area contributed by atoms with Gasteiger partial charge in [-0.3, -0.25) is 19.3 Å². The van der Waals surface area contributed by atoms with Crippen molar-refractivity contribution in [2.45, 2.75) is 46.5 Å². The molecule has 0 aromatic rings. The van der Waals surface area contributed by atoms with Gasteiger partial charge in [0, 0.05) is 19.4 Å². The third-order valence-corrected chi connectivity index (χ3v) is 3.24. The summed E-state index contributed by atoms with van der Waals surface area (Å²) >= 11 is 0. The van der Waals surface area contributed by atoms with Crippen molar-refractivity contribution in [1.82, 2.24) is 4.90 Å². The van der Waals surface area contributed by atoms with Crippen molar-refractivity contribution in [2.24, 2.45) is 11.3 Å². The fourth-order valence-corrected chi connectivity index (χ4v) is 2.62. The van der Waals surface area contributed by atoms with E-state index in [0.29, 0.717) is 18.8 Å². The van der Waals surface area contributed by atoms with Gasteiger partial charge in [-0.1, -0.05) is 20.8 Å². The van der Waals surface area contributed by atoms with Crippen LogP contribution in [0.1, 0.15) is 46.5 Å². The zero-order chi connectivity index (χ0) is 13.9. The van der Waals surface area contributed by atoms with E-state index in [0.717, 1.165) is 0 Å². The highest BCUT2D eigenvalue weighted by molar-refractivity contribution is 6.05. The lowest BCUT2D eigenvalue weighted by atomic mass is 9.80. The second-order valence-corrected chi connectivity index (χ2v) is 5.68. The van der Waals surface area contributed by atoms with Crippen molar-refractivity contribution < 1.29 is 19.5 Å². The summed E-state index contributed by atoms with van der Waals surface area (Å²) in [5.41, 5.74) is -0.603. The molecule has 2 amide bonds. The molecule has 0 spiro atoms. The van der Waals surface area contributed by atoms with E-state index >= 15 is 0 Å². The average Bonchev–Trinajstić information content (AvgIpc) is 2.39. The molecule has 1 unspecified atom stereocenters. The topological polar surface area (TPSA) is 74.7 Å². The standard InChI is InChI=1S/C13H21NO4/c1-9(2)7-13(3)8-10(15)14(12(13)18)6-4-5-11(16)17/h9H,4-8H2,1-3H3,(H,16,17). The van der Waals surface area contributed by atoms with Crippen LogP contribution in [0.4, 0.5) is 0 Å². The third-order valence-electron chi connectivity index (χ3n) is 3.24. The Bertz CT molecular complexity index is 364. The van der Waals surface area contributed by atoms with Crippen LogP contribution in [0.25, 0.3) is 0 Å². The van der Waals surface area contributed by atoms with Gasteiger partial charge in [-0.05, 0) is 18.8 Å². The lowest BCUT2D eigenvalue weighted by Crippen LogP contribution is -2.35. The number of carboxylic acids is 1. The Morgan fingerprint density at radius 1 is 1.44 bits per heavy atom. The number of aliphatic carboxylic acids is 1. The molecule has 0 aliphatic carbocycles. The monoisotopic (exact) mass is 255 g/mol. The molecule has 1 aliphatic heterocycles. The number of rotatable bonds is 6. The van der Waals surface area contributed by atoms with E-state index < -0.39 is 11.4 Å². The summed E-state index contributed by atoms with van der Waals surface area (Å²) < 4.78 is 0. The van der Waals surface area contributed by atoms with Gasteiger partial charge in [-0.15, -0.1) is 0 Å². The van der Waals surface area contributed by atoms with Crippen LogP contribution >= 0.6 is 0 Å². The number of imide groups is 1. The summed E-state index contributed by atoms with van der Waals surface area (Å²) in [5, 5.41) is 8.55. The van der Waals surface area contributed by atoms with E-state index in [-0.39, 0.29) is 31.2 Å². The van der Waals surface area contributed by atoms with E-state index in [1.807, 2.05) is 20.8 Å². The molecule has 5 heteroatoms. The first-order valence-corrected chi connectivity index (χ1v) is 6.33. The molecular weight excluding hydrogens is 234 g/mol. The van der Waals surface area contributed by atoms with E-state index in [9.17, 15) is 14.4 Å². The van der Waals surface area contributed by atoms with E-state index in [1.165, 1.54) is 4.90 Å². The van der Waals surface area contributed by atoms with Gasteiger partial charge in [-0.2, -0.15) is 0 Å². The maximum atomic E-state index is 12.2. The van der Waals surface area contributed by atoms with Crippen molar-refractivity contribution >= 4 is 17.8 Å². The Hall–Kier alpha value is -1.39. The van der Waals surface area contributed by atoms with Gasteiger partial charge in [0.25, 0.3) is 0 Å². The molecular formula is C13H21NO4. The molecule has 1 rings (SSSR count). The Balaban J connectivity index is 2.63. The van der Waals surface area contributed by atoms with Crippen molar-refractivity contribution in [1.29, 1.82) is 0 Å². The first kappa shape index (κ1) is 14.7. The molecule has 5 nitrogen and oxygen atoms in total. The Morgan fingerprint density at radius 2 is 2.06 bits per heavy atom. The molecule has 18 heavy (non-hydrogen) atoms. The van der Waals surface area contributed by atoms with Gasteiger partial charge < -0.3 is 5.11 Å². The van der Waals surface area contributed by atoms with Crippen LogP contribution in [0.5, 0.6) is 0 Å². The number of hydrogen-bond donors (Lipinski definition) is 1. The molecule has 1 atom stereocenters. The van der Waals surface area contributed by atoms with Crippen molar-refractivity contribution in [3.05, 3.63) is 0 Å². The summed E-state index contributed by atoms with van der Waals surface area (Å²) in [6, 6.07) is 0. The fourth-order valence-electron chi connectivity index (χ4n) is 2.62. The predicted octanol–water partition coefficient (Wildman–Crippen LogP) is 1.66. The molecule has 1 N–H and O–H groups in total. The lowest BCUT2D eigenvalue weighted by Gasteiger charge is -2.23. The van der Waals surface area contributed by atoms with Gasteiger partial charge in [0.05, 0.1) is 5.41 Å². The summed E-state index contributed by atoms with van der Waals surface area (Å²) in [5.74, 6) is -0.870. The number of likely N-dealkylation sites (tertiary alicyclic amines) is 1. The maximum absolute atomic E-state index is 12.2. The molecule has 0 saturated carbocycles. The molecule has 0 bridgehead atoms. The highest BCUT2D eigenvalue weighted by atomic mass is 16.4. The highest BCUT2D eigenvalue weighted by Crippen LogP contribution is 2.38. The van der Waals surface area contributed by atoms with Gasteiger partial charge >= 0.3 is 5.97 Å². The number of carboxylic acid groups (broad SMARTS) is 1. The number of amides is 2. The van der Waals surface area contributed by atoms with Crippen LogP contribution in [0.2, 0.25) is 0 Å². The molecule has 1 fully saturated rings. The molecule has 0 aromatic heterocycles. The second-order valence-electron chi connectivity index (χ2n) is 5.68. The third kappa shape index (κ3) is 3.31. The van der Waals surface area contributed by atoms with Crippen molar-refractivity contribution in [2.75, 3.05) is 6.54 Å². The first-order chi connectivity index (χ1) is 8.26. The maximum Gasteiger partial charge on any atom is 0.303 e. The van der Waals surface area contributed by atoms with Crippen LogP contribution in [0, 0.1) is 11.3 Å². The van der Waals surface area contributed by atoms with Crippen LogP contribution in [-0.2, 0) is 14.4 Å². The SMILES string of the molecule is CC(C)CC1(C)CC(=O)N(CCCC(=O)O)C1=O. The summed E-state index contributed by atoms with van der Waals surface area (Å²) in [6.07, 6.45) is 1.24. The van der Waals surface area contributed by atoms with Crippen LogP contribution < -0.4 is 0 Å². The Labute approximate surface area is 107 Å². The van der Waals surface area contributed by atoms with E-state index in [4.69, 9.17) is 5.11 Å². The Morgan fingerprint density at radius 3 is 2.56 bits per heavy atom. The van der Waals surface area contributed by atoms with Gasteiger partial charge in [-0.25, -0.2) is 0 Å². The van der Waals surface area contributed by atoms with Gasteiger partial charge in [0.15, 0.2) is 0 Å². The zero-order valence-corrected chi connectivity index (χ0v) is 11.2. The fraction of sp³-hybridized carbons (Fsp3) is 0.769. The average molecular weight is 255 g/mol. The molecule has 1 aliphatic rings. The van der Waals surface area contributed by atoms with Gasteiger partial charge in [0.1, 0.15) is 0 Å². The van der Waals surface area contributed by atoms with Crippen LogP contribution in [-0.4, -0.2) is 34.3 Å². The zero-order valence-electron chi connectivity index (χ0n) is 11.2. The lowest BCUT2D eigenvalue weighted by molar-refractivity contribution is -0.143. The minimum Gasteiger partial charge on any atom is -0.481 e. The minimum atomic E-state index is -0.904. The number of hydrogen-bond acceptors (Lipinski definition) is 3. The second kappa shape index (κ2) is 5.50. The first-order valence-electron chi connectivity index (χ1n) is 6.33. The Kier molecular flexibility index (Phi) is 4.48. The van der Waals surface area contributed by atoms with Crippen molar-refractivity contribution in [3.8, 4) is 0 Å². The van der Waals surface area contributed by atoms with Crippen LogP contribution in [0.3, 0.4) is 0 Å². The largest absolute Gasteiger partial charge is 0.481 e. The van der Waals surface area contributed by atoms with E-state index in [2.05, 4.69) is 0 Å². The number of carbonyl (C=O) groups is 3. The highest BCUT2D eigenvalue weighted by Gasteiger charge is 2.47. The van der Waals surface area contributed by atoms with Gasteiger partial charge in [0.2, 0.25) is 11.8 Å². The van der Waals surface area contributed by atoms with Crippen LogP contribution in [0.15, 0.2) is 0 Å². The summed E-state index contributed by atoms with van der Waals surface area (Å²) in [6.45, 7) is 6.09. The number of carbonyl (C=O) groups excluding carboxylic acids is 2. The van der Waals surface area contributed by atoms with E-state index in [1.54, 1.807) is 0 Å². The molecule has 102 valence electrons. The number of nitrogens with zero attached hydrogens (tertiary/aromatic N) is 1. The predicted molar refractivity (Wildman–Crippen MR) is 65.8 cm³/mol. The van der Waals surface area contributed by atoms with Crippen molar-refractivity contribution in [3.63, 3.8) is 0 Å². The molecule has 1 heterocycles. The molecule has 0 radical (unpaired) electrons. The minimum absolute atomic E-state index is 0.0159. The quantitative estimate of drug-likeness (QED) is 0.732. The molecule has 1 saturated heterocycles. The normalized spacial score (nSPS) is 24.1. The summed E-state index contributed by atoms with van der Waals surface area (Å²) in [7, 11) is 0. The summed E-state index contributed by atoms with van der Waals surface area (Å²) in [4.78, 5) is 35.7. The molecule has 0 aromatic carbocycles. The smallest absolute Gasteiger partial charge is 0.303 e.